The number of amides is 1. The Bertz CT molecular complexity index is 2170. The lowest BCUT2D eigenvalue weighted by Crippen LogP contribution is -2.38. The second-order valence-electron chi connectivity index (χ2n) is 12.4. The molecule has 0 N–H and O–H groups in total. The van der Waals surface area contributed by atoms with Gasteiger partial charge < -0.3 is 23.2 Å². The smallest absolute Gasteiger partial charge is 0.420 e. The van der Waals surface area contributed by atoms with E-state index in [1.54, 1.807) is 31.2 Å². The lowest BCUT2D eigenvalue weighted by Gasteiger charge is -2.29. The summed E-state index contributed by atoms with van der Waals surface area (Å²) in [6.45, 7) is 4.44. The number of nitrogens with zero attached hydrogens (tertiary/aromatic N) is 6. The fourth-order valence-corrected chi connectivity index (χ4v) is 7.10. The van der Waals surface area contributed by atoms with Crippen LogP contribution in [0.4, 0.5) is 4.39 Å². The molecule has 1 atom stereocenters. The summed E-state index contributed by atoms with van der Waals surface area (Å²) < 4.78 is 38.9. The molecule has 0 saturated carbocycles. The van der Waals surface area contributed by atoms with E-state index in [-0.39, 0.29) is 29.9 Å². The van der Waals surface area contributed by atoms with Crippen LogP contribution in [0.5, 0.6) is 0 Å². The van der Waals surface area contributed by atoms with E-state index in [1.807, 2.05) is 11.0 Å². The summed E-state index contributed by atoms with van der Waals surface area (Å²) >= 11 is 0. The van der Waals surface area contributed by atoms with Crippen molar-refractivity contribution in [3.63, 3.8) is 0 Å². The van der Waals surface area contributed by atoms with E-state index >= 15 is 0 Å². The van der Waals surface area contributed by atoms with Gasteiger partial charge in [-0.1, -0.05) is 12.1 Å². The van der Waals surface area contributed by atoms with Crippen molar-refractivity contribution in [3.05, 3.63) is 86.7 Å². The largest absolute Gasteiger partial charge is 0.421 e. The number of ether oxygens (including phenoxy) is 2. The molecule has 13 heteroatoms. The van der Waals surface area contributed by atoms with Crippen LogP contribution in [-0.4, -0.2) is 63.5 Å². The van der Waals surface area contributed by atoms with Crippen LogP contribution in [0, 0.1) is 30.0 Å². The minimum Gasteiger partial charge on any atom is -0.421 e. The zero-order valence-electron chi connectivity index (χ0n) is 26.2. The topological polar surface area (TPSA) is 150 Å². The average Bonchev–Trinajstić information content (AvgIpc) is 3.76. The van der Waals surface area contributed by atoms with Crippen molar-refractivity contribution in [2.75, 3.05) is 33.0 Å². The standard InChI is InChI=1S/C35H31FN6O6/c1-19-39-40-33(47-19)30-25(6-3-20-8-11-45-12-9-20)38-32-27-18-46-13-10-41(27)34(43)31(32)29(30)22-5-7-26-28(15-22)48-35(44)42(26)17-21-2-4-23(16-37)24(36)14-21/h2,4-5,7,14-15,20,27H,3,6,8-13,17-18H2,1H3/t27-/m1/s1. The average molecular weight is 651 g/mol. The fraction of sp³-hybridized carbons (Fsp3) is 0.371. The SMILES string of the molecule is Cc1nnc(-c2c(CCC3CCOCC3)nc3c(c2-c2ccc4c(c2)oc(=O)n4Cc2ccc(C#N)c(F)c2)C(=O)N2CCOC[C@H]32)o1. The maximum atomic E-state index is 14.4. The molecule has 0 aliphatic carbocycles. The Hall–Kier alpha value is -5.19. The van der Waals surface area contributed by atoms with Gasteiger partial charge in [0.05, 0.1) is 59.4 Å². The van der Waals surface area contributed by atoms with Crippen molar-refractivity contribution in [1.82, 2.24) is 24.6 Å². The van der Waals surface area contributed by atoms with Gasteiger partial charge >= 0.3 is 5.76 Å². The van der Waals surface area contributed by atoms with Crippen molar-refractivity contribution in [2.24, 2.45) is 5.92 Å². The minimum atomic E-state index is -0.660. The number of fused-ring (bicyclic) bond motifs is 4. The van der Waals surface area contributed by atoms with Crippen LogP contribution in [0.25, 0.3) is 33.7 Å². The van der Waals surface area contributed by atoms with Crippen LogP contribution in [0.1, 0.15) is 64.1 Å². The molecular weight excluding hydrogens is 619 g/mol. The van der Waals surface area contributed by atoms with Gasteiger partial charge in [-0.15, -0.1) is 10.2 Å². The first-order chi connectivity index (χ1) is 23.4. The quantitative estimate of drug-likeness (QED) is 0.237. The molecule has 0 spiro atoms. The highest BCUT2D eigenvalue weighted by Gasteiger charge is 2.44. The maximum Gasteiger partial charge on any atom is 0.420 e. The number of benzene rings is 2. The number of carbonyl (C=O) groups is 1. The van der Waals surface area contributed by atoms with E-state index < -0.39 is 11.6 Å². The van der Waals surface area contributed by atoms with Crippen LogP contribution in [-0.2, 0) is 22.4 Å². The number of pyridine rings is 1. The third-order valence-corrected chi connectivity index (χ3v) is 9.54. The molecule has 3 aliphatic heterocycles. The van der Waals surface area contributed by atoms with Crippen LogP contribution in [0.2, 0.25) is 0 Å². The molecule has 8 rings (SSSR count). The van der Waals surface area contributed by atoms with E-state index in [2.05, 4.69) is 10.2 Å². The molecule has 2 fully saturated rings. The highest BCUT2D eigenvalue weighted by molar-refractivity contribution is 6.08. The Morgan fingerprint density at radius 2 is 1.85 bits per heavy atom. The molecule has 5 aromatic rings. The first-order valence-electron chi connectivity index (χ1n) is 16.1. The Morgan fingerprint density at radius 3 is 2.62 bits per heavy atom. The van der Waals surface area contributed by atoms with Gasteiger partial charge in [-0.25, -0.2) is 9.18 Å². The lowest BCUT2D eigenvalue weighted by molar-refractivity contribution is 0.00352. The molecule has 2 saturated heterocycles. The van der Waals surface area contributed by atoms with Gasteiger partial charge in [0.15, 0.2) is 5.58 Å². The molecule has 3 aliphatic rings. The monoisotopic (exact) mass is 650 g/mol. The number of hydrogen-bond acceptors (Lipinski definition) is 10. The van der Waals surface area contributed by atoms with Gasteiger partial charge in [0.25, 0.3) is 5.91 Å². The summed E-state index contributed by atoms with van der Waals surface area (Å²) in [6.07, 6.45) is 3.44. The number of nitriles is 1. The van der Waals surface area contributed by atoms with Crippen molar-refractivity contribution < 1.29 is 27.5 Å². The molecule has 1 amide bonds. The third-order valence-electron chi connectivity index (χ3n) is 9.54. The van der Waals surface area contributed by atoms with Crippen molar-refractivity contribution in [3.8, 4) is 28.7 Å². The van der Waals surface area contributed by atoms with E-state index in [4.69, 9.17) is 28.6 Å². The Balaban J connectivity index is 1.29. The van der Waals surface area contributed by atoms with Gasteiger partial charge in [-0.3, -0.25) is 14.3 Å². The summed E-state index contributed by atoms with van der Waals surface area (Å²) in [5.41, 5.74) is 4.86. The summed E-state index contributed by atoms with van der Waals surface area (Å²) in [5, 5.41) is 17.6. The number of oxazole rings is 1. The van der Waals surface area contributed by atoms with Gasteiger partial charge in [0.1, 0.15) is 11.9 Å². The minimum absolute atomic E-state index is 0.0382. The predicted octanol–water partition coefficient (Wildman–Crippen LogP) is 4.96. The zero-order chi connectivity index (χ0) is 32.9. The number of carbonyl (C=O) groups excluding carboxylic acids is 1. The molecule has 3 aromatic heterocycles. The molecule has 0 bridgehead atoms. The second-order valence-corrected chi connectivity index (χ2v) is 12.4. The Morgan fingerprint density at radius 1 is 1.00 bits per heavy atom. The predicted molar refractivity (Wildman–Crippen MR) is 168 cm³/mol. The second kappa shape index (κ2) is 12.1. The number of halogens is 1. The van der Waals surface area contributed by atoms with Crippen LogP contribution in [0.3, 0.4) is 0 Å². The van der Waals surface area contributed by atoms with E-state index in [9.17, 15) is 14.0 Å². The van der Waals surface area contributed by atoms with Gasteiger partial charge in [-0.2, -0.15) is 5.26 Å². The van der Waals surface area contributed by atoms with Crippen molar-refractivity contribution in [1.29, 1.82) is 5.26 Å². The number of aryl methyl sites for hydroxylation is 2. The molecule has 48 heavy (non-hydrogen) atoms. The molecule has 0 radical (unpaired) electrons. The summed E-state index contributed by atoms with van der Waals surface area (Å²) in [6, 6.07) is 11.0. The first kappa shape index (κ1) is 30.2. The lowest BCUT2D eigenvalue weighted by atomic mass is 9.88. The van der Waals surface area contributed by atoms with Gasteiger partial charge in [-0.05, 0) is 67.0 Å². The molecule has 6 heterocycles. The van der Waals surface area contributed by atoms with Crippen molar-refractivity contribution >= 4 is 17.0 Å². The fourth-order valence-electron chi connectivity index (χ4n) is 7.10. The number of rotatable bonds is 7. The van der Waals surface area contributed by atoms with Gasteiger partial charge in [0, 0.05) is 32.2 Å². The van der Waals surface area contributed by atoms with Gasteiger partial charge in [0.2, 0.25) is 11.8 Å². The maximum absolute atomic E-state index is 14.4. The Labute approximate surface area is 273 Å². The van der Waals surface area contributed by atoms with Crippen molar-refractivity contribution in [2.45, 2.75) is 45.2 Å². The summed E-state index contributed by atoms with van der Waals surface area (Å²) in [4.78, 5) is 34.2. The van der Waals surface area contributed by atoms with E-state index in [0.29, 0.717) is 82.6 Å². The molecule has 12 nitrogen and oxygen atoms in total. The summed E-state index contributed by atoms with van der Waals surface area (Å²) in [7, 11) is 0. The first-order valence-corrected chi connectivity index (χ1v) is 16.1. The molecule has 2 aromatic carbocycles. The highest BCUT2D eigenvalue weighted by atomic mass is 19.1. The van der Waals surface area contributed by atoms with Crippen LogP contribution < -0.4 is 5.76 Å². The normalized spacial score (nSPS) is 17.9. The molecule has 244 valence electrons. The molecule has 0 unspecified atom stereocenters. The summed E-state index contributed by atoms with van der Waals surface area (Å²) in [5.74, 6) is -0.330. The zero-order valence-corrected chi connectivity index (χ0v) is 26.2. The van der Waals surface area contributed by atoms with Crippen LogP contribution >= 0.6 is 0 Å². The Kier molecular flexibility index (Phi) is 7.61. The number of aromatic nitrogens is 4. The van der Waals surface area contributed by atoms with E-state index in [0.717, 1.165) is 38.2 Å². The number of hydrogen-bond donors (Lipinski definition) is 0. The van der Waals surface area contributed by atoms with E-state index in [1.165, 1.54) is 16.7 Å². The molecular formula is C35H31FN6O6. The number of morpholine rings is 1. The highest BCUT2D eigenvalue weighted by Crippen LogP contribution is 2.46. The third kappa shape index (κ3) is 5.17. The van der Waals surface area contributed by atoms with Crippen LogP contribution in [0.15, 0.2) is 50.0 Å².